The number of carbonyl (C=O) groups excluding carboxylic acids is 1. The Morgan fingerprint density at radius 3 is 2.72 bits per heavy atom. The molecule has 2 aliphatic rings. The van der Waals surface area contributed by atoms with E-state index in [9.17, 15) is 4.79 Å². The predicted molar refractivity (Wildman–Crippen MR) is 96.0 cm³/mol. The fourth-order valence-electron chi connectivity index (χ4n) is 3.33. The third-order valence-corrected chi connectivity index (χ3v) is 4.90. The zero-order chi connectivity index (χ0) is 17.1. The first kappa shape index (κ1) is 16.3. The molecule has 0 radical (unpaired) electrons. The Bertz CT molecular complexity index is 710. The summed E-state index contributed by atoms with van der Waals surface area (Å²) in [4.78, 5) is 14.7. The zero-order valence-electron chi connectivity index (χ0n) is 14.4. The van der Waals surface area contributed by atoms with Crippen molar-refractivity contribution < 1.29 is 4.79 Å². The van der Waals surface area contributed by atoms with Crippen molar-refractivity contribution in [2.45, 2.75) is 38.0 Å². The van der Waals surface area contributed by atoms with Crippen molar-refractivity contribution in [3.8, 4) is 0 Å². The van der Waals surface area contributed by atoms with Crippen LogP contribution < -0.4 is 10.6 Å². The highest BCUT2D eigenvalue weighted by atomic mass is 16.2. The molecule has 1 amide bonds. The number of hydrogen-bond acceptors (Lipinski definition) is 4. The van der Waals surface area contributed by atoms with Crippen LogP contribution in [0, 0.1) is 0 Å². The Morgan fingerprint density at radius 1 is 1.20 bits per heavy atom. The van der Waals surface area contributed by atoms with Gasteiger partial charge in [-0.05, 0) is 30.0 Å². The van der Waals surface area contributed by atoms with Crippen molar-refractivity contribution in [1.82, 2.24) is 25.3 Å². The van der Waals surface area contributed by atoms with Gasteiger partial charge in [0.05, 0.1) is 12.6 Å². The van der Waals surface area contributed by atoms with Crippen LogP contribution in [0.15, 0.2) is 42.7 Å². The van der Waals surface area contributed by atoms with E-state index in [1.54, 1.807) is 0 Å². The van der Waals surface area contributed by atoms with Crippen LogP contribution in [0.2, 0.25) is 0 Å². The highest BCUT2D eigenvalue weighted by molar-refractivity contribution is 5.82. The van der Waals surface area contributed by atoms with Crippen molar-refractivity contribution in [2.75, 3.05) is 19.6 Å². The summed E-state index contributed by atoms with van der Waals surface area (Å²) in [5, 5.41) is 10.8. The molecule has 2 fully saturated rings. The number of piperazine rings is 1. The summed E-state index contributed by atoms with van der Waals surface area (Å²) in [6.45, 7) is 4.22. The van der Waals surface area contributed by atoms with E-state index in [1.807, 2.05) is 23.1 Å². The molecular weight excluding hydrogens is 314 g/mol. The summed E-state index contributed by atoms with van der Waals surface area (Å²) in [5.41, 5.74) is 2.59. The van der Waals surface area contributed by atoms with E-state index in [-0.39, 0.29) is 11.9 Å². The Hall–Kier alpha value is -2.18. The number of hydrogen-bond donors (Lipinski definition) is 2. The van der Waals surface area contributed by atoms with Crippen molar-refractivity contribution in [3.05, 3.63) is 53.9 Å². The Balaban J connectivity index is 1.40. The molecule has 1 aromatic heterocycles. The van der Waals surface area contributed by atoms with Gasteiger partial charge in [0.1, 0.15) is 0 Å². The zero-order valence-corrected chi connectivity index (χ0v) is 14.4. The molecular formula is C19H25N5O. The molecule has 1 atom stereocenters. The number of nitrogens with zero attached hydrogens (tertiary/aromatic N) is 3. The lowest BCUT2D eigenvalue weighted by Gasteiger charge is -2.33. The van der Waals surface area contributed by atoms with Crippen LogP contribution in [0.25, 0.3) is 0 Å². The van der Waals surface area contributed by atoms with Gasteiger partial charge in [-0.1, -0.05) is 24.3 Å². The van der Waals surface area contributed by atoms with Gasteiger partial charge in [0.2, 0.25) is 5.91 Å². The second-order valence-electron chi connectivity index (χ2n) is 7.00. The Morgan fingerprint density at radius 2 is 2.00 bits per heavy atom. The van der Waals surface area contributed by atoms with Gasteiger partial charge in [0.25, 0.3) is 0 Å². The van der Waals surface area contributed by atoms with E-state index >= 15 is 0 Å². The number of carbonyl (C=O) groups is 1. The van der Waals surface area contributed by atoms with E-state index in [1.165, 1.54) is 11.1 Å². The van der Waals surface area contributed by atoms with Crippen LogP contribution >= 0.6 is 0 Å². The largest absolute Gasteiger partial charge is 0.352 e. The fraction of sp³-hybridized carbons (Fsp3) is 0.474. The van der Waals surface area contributed by atoms with Crippen LogP contribution in [0.1, 0.15) is 24.0 Å². The van der Waals surface area contributed by atoms with Crippen LogP contribution in [-0.4, -0.2) is 52.3 Å². The lowest BCUT2D eigenvalue weighted by atomic mass is 10.1. The summed E-state index contributed by atoms with van der Waals surface area (Å²) in [6.07, 6.45) is 6.05. The monoisotopic (exact) mass is 339 g/mol. The summed E-state index contributed by atoms with van der Waals surface area (Å²) >= 11 is 0. The lowest BCUT2D eigenvalue weighted by Crippen LogP contribution is -2.57. The molecule has 0 spiro atoms. The highest BCUT2D eigenvalue weighted by Crippen LogP contribution is 2.19. The van der Waals surface area contributed by atoms with Crippen molar-refractivity contribution in [1.29, 1.82) is 0 Å². The molecule has 6 nitrogen and oxygen atoms in total. The van der Waals surface area contributed by atoms with E-state index in [4.69, 9.17) is 0 Å². The molecule has 0 bridgehead atoms. The van der Waals surface area contributed by atoms with Crippen LogP contribution in [0.3, 0.4) is 0 Å². The number of rotatable bonds is 6. The SMILES string of the molecule is O=C(NC1CC1)[C@H]1CN(Cc2ccccc2Cn2cccn2)CCN1. The van der Waals surface area contributed by atoms with Crippen molar-refractivity contribution in [3.63, 3.8) is 0 Å². The molecule has 132 valence electrons. The third kappa shape index (κ3) is 4.27. The van der Waals surface area contributed by atoms with Gasteiger partial charge in [-0.15, -0.1) is 0 Å². The van der Waals surface area contributed by atoms with E-state index < -0.39 is 0 Å². The summed E-state index contributed by atoms with van der Waals surface area (Å²) in [7, 11) is 0. The topological polar surface area (TPSA) is 62.2 Å². The quantitative estimate of drug-likeness (QED) is 0.824. The van der Waals surface area contributed by atoms with E-state index in [2.05, 4.69) is 44.9 Å². The molecule has 4 rings (SSSR count). The molecule has 25 heavy (non-hydrogen) atoms. The van der Waals surface area contributed by atoms with Crippen LogP contribution in [-0.2, 0) is 17.9 Å². The maximum atomic E-state index is 12.3. The van der Waals surface area contributed by atoms with Gasteiger partial charge in [0, 0.05) is 44.6 Å². The average Bonchev–Trinajstić information content (AvgIpc) is 3.29. The summed E-state index contributed by atoms with van der Waals surface area (Å²) in [5.74, 6) is 0.150. The number of amides is 1. The van der Waals surface area contributed by atoms with Crippen LogP contribution in [0.4, 0.5) is 0 Å². The minimum absolute atomic E-state index is 0.104. The van der Waals surface area contributed by atoms with E-state index in [0.29, 0.717) is 6.04 Å². The molecule has 1 aromatic carbocycles. The first-order valence-electron chi connectivity index (χ1n) is 9.08. The van der Waals surface area contributed by atoms with Crippen molar-refractivity contribution >= 4 is 5.91 Å². The molecule has 1 saturated heterocycles. The maximum absolute atomic E-state index is 12.3. The first-order valence-corrected chi connectivity index (χ1v) is 9.08. The molecule has 1 saturated carbocycles. The normalized spacial score (nSPS) is 21.2. The number of aromatic nitrogens is 2. The fourth-order valence-corrected chi connectivity index (χ4v) is 3.33. The van der Waals surface area contributed by atoms with Gasteiger partial charge in [-0.25, -0.2) is 0 Å². The predicted octanol–water partition coefficient (Wildman–Crippen LogP) is 0.984. The maximum Gasteiger partial charge on any atom is 0.238 e. The molecule has 2 heterocycles. The summed E-state index contributed by atoms with van der Waals surface area (Å²) in [6, 6.07) is 10.8. The molecule has 2 aromatic rings. The Kier molecular flexibility index (Phi) is 4.81. The third-order valence-electron chi connectivity index (χ3n) is 4.90. The van der Waals surface area contributed by atoms with Gasteiger partial charge >= 0.3 is 0 Å². The smallest absolute Gasteiger partial charge is 0.238 e. The van der Waals surface area contributed by atoms with Gasteiger partial charge in [-0.2, -0.15) is 5.10 Å². The summed E-state index contributed by atoms with van der Waals surface area (Å²) < 4.78 is 1.95. The number of benzene rings is 1. The molecule has 0 unspecified atom stereocenters. The number of nitrogens with one attached hydrogen (secondary N) is 2. The Labute approximate surface area is 148 Å². The second-order valence-corrected chi connectivity index (χ2v) is 7.00. The molecule has 6 heteroatoms. The minimum atomic E-state index is -0.104. The second kappa shape index (κ2) is 7.37. The standard InChI is InChI=1S/C19H25N5O/c25-19(22-17-6-7-17)18-14-23(11-9-20-18)12-15-4-1-2-5-16(15)13-24-10-3-8-21-24/h1-5,8,10,17-18,20H,6-7,9,11-14H2,(H,22,25)/t18-/m1/s1. The van der Waals surface area contributed by atoms with E-state index in [0.717, 1.165) is 45.6 Å². The van der Waals surface area contributed by atoms with Gasteiger partial charge in [0.15, 0.2) is 0 Å². The van der Waals surface area contributed by atoms with Crippen molar-refractivity contribution in [2.24, 2.45) is 0 Å². The molecule has 1 aliphatic heterocycles. The average molecular weight is 339 g/mol. The van der Waals surface area contributed by atoms with Crippen LogP contribution in [0.5, 0.6) is 0 Å². The highest BCUT2D eigenvalue weighted by Gasteiger charge is 2.30. The molecule has 2 N–H and O–H groups in total. The van der Waals surface area contributed by atoms with Gasteiger partial charge < -0.3 is 10.6 Å². The van der Waals surface area contributed by atoms with Gasteiger partial charge in [-0.3, -0.25) is 14.4 Å². The first-order chi connectivity index (χ1) is 12.3. The lowest BCUT2D eigenvalue weighted by molar-refractivity contribution is -0.124. The molecule has 1 aliphatic carbocycles. The minimum Gasteiger partial charge on any atom is -0.352 e.